The topological polar surface area (TPSA) is 12.0 Å². The smallest absolute Gasteiger partial charge is 0.0178 e. The van der Waals surface area contributed by atoms with Gasteiger partial charge in [-0.3, -0.25) is 0 Å². The molecule has 120 valence electrons. The Labute approximate surface area is 140 Å². The van der Waals surface area contributed by atoms with E-state index in [1.165, 1.54) is 48.6 Å². The van der Waals surface area contributed by atoms with Crippen molar-refractivity contribution in [2.75, 3.05) is 13.1 Å². The number of unbranched alkanes of at least 4 members (excludes halogenated alkanes) is 4. The zero-order valence-corrected chi connectivity index (χ0v) is 15.6. The molecule has 0 aliphatic carbocycles. The van der Waals surface area contributed by atoms with E-state index in [9.17, 15) is 0 Å². The molecule has 0 radical (unpaired) electrons. The zero-order chi connectivity index (χ0) is 15.5. The highest BCUT2D eigenvalue weighted by atomic mass is 79.9. The van der Waals surface area contributed by atoms with E-state index < -0.39 is 0 Å². The third-order valence-electron chi connectivity index (χ3n) is 3.92. The quantitative estimate of drug-likeness (QED) is 0.471. The Hall–Kier alpha value is -0.340. The molecule has 1 nitrogen and oxygen atoms in total. The lowest BCUT2D eigenvalue weighted by molar-refractivity contribution is 0.481. The summed E-state index contributed by atoms with van der Waals surface area (Å²) in [6.45, 7) is 9.03. The lowest BCUT2D eigenvalue weighted by atomic mass is 9.92. The average molecular weight is 354 g/mol. The number of benzene rings is 1. The van der Waals surface area contributed by atoms with Crippen LogP contribution in [0.5, 0.6) is 0 Å². The van der Waals surface area contributed by atoms with Gasteiger partial charge in [-0.05, 0) is 42.5 Å². The monoisotopic (exact) mass is 353 g/mol. The van der Waals surface area contributed by atoms with Gasteiger partial charge in [0.05, 0.1) is 0 Å². The highest BCUT2D eigenvalue weighted by Gasteiger charge is 2.11. The van der Waals surface area contributed by atoms with E-state index in [0.717, 1.165) is 19.0 Å². The van der Waals surface area contributed by atoms with Crippen LogP contribution in [-0.2, 0) is 0 Å². The van der Waals surface area contributed by atoms with Gasteiger partial charge in [0.1, 0.15) is 0 Å². The Morgan fingerprint density at radius 3 is 2.48 bits per heavy atom. The van der Waals surface area contributed by atoms with Crippen molar-refractivity contribution in [3.63, 3.8) is 0 Å². The minimum Gasteiger partial charge on any atom is -0.316 e. The maximum absolute atomic E-state index is 3.64. The molecule has 0 amide bonds. The van der Waals surface area contributed by atoms with Crippen molar-refractivity contribution in [1.29, 1.82) is 0 Å². The van der Waals surface area contributed by atoms with E-state index in [2.05, 4.69) is 66.3 Å². The van der Waals surface area contributed by atoms with Gasteiger partial charge >= 0.3 is 0 Å². The predicted molar refractivity (Wildman–Crippen MR) is 98.0 cm³/mol. The highest BCUT2D eigenvalue weighted by molar-refractivity contribution is 9.10. The van der Waals surface area contributed by atoms with Gasteiger partial charge in [-0.2, -0.15) is 0 Å². The predicted octanol–water partition coefficient (Wildman–Crippen LogP) is 6.14. The largest absolute Gasteiger partial charge is 0.316 e. The second kappa shape index (κ2) is 11.3. The van der Waals surface area contributed by atoms with Crippen LogP contribution in [0, 0.1) is 5.92 Å². The van der Waals surface area contributed by atoms with Crippen LogP contribution >= 0.6 is 15.9 Å². The molecular formula is C19H32BrN. The maximum Gasteiger partial charge on any atom is 0.0178 e. The second-order valence-corrected chi connectivity index (χ2v) is 7.42. The minimum absolute atomic E-state index is 0.642. The number of hydrogen-bond acceptors (Lipinski definition) is 1. The maximum atomic E-state index is 3.64. The average Bonchev–Trinajstić information content (AvgIpc) is 2.45. The van der Waals surface area contributed by atoms with Gasteiger partial charge in [-0.1, -0.05) is 80.9 Å². The van der Waals surface area contributed by atoms with Crippen molar-refractivity contribution < 1.29 is 0 Å². The molecule has 2 heteroatoms. The van der Waals surface area contributed by atoms with E-state index in [1.54, 1.807) is 0 Å². The molecule has 1 aromatic rings. The lowest BCUT2D eigenvalue weighted by Gasteiger charge is -2.19. The fourth-order valence-electron chi connectivity index (χ4n) is 2.69. The first-order chi connectivity index (χ1) is 10.1. The molecule has 0 heterocycles. The summed E-state index contributed by atoms with van der Waals surface area (Å²) in [5, 5.41) is 3.64. The van der Waals surface area contributed by atoms with Crippen molar-refractivity contribution in [3.05, 3.63) is 34.3 Å². The van der Waals surface area contributed by atoms with Crippen molar-refractivity contribution in [3.8, 4) is 0 Å². The van der Waals surface area contributed by atoms with Gasteiger partial charge in [-0.25, -0.2) is 0 Å². The second-order valence-electron chi connectivity index (χ2n) is 6.51. The molecule has 0 fully saturated rings. The van der Waals surface area contributed by atoms with Gasteiger partial charge in [0, 0.05) is 11.0 Å². The van der Waals surface area contributed by atoms with E-state index in [-0.39, 0.29) is 0 Å². The summed E-state index contributed by atoms with van der Waals surface area (Å²) in [6.07, 6.45) is 8.12. The molecule has 21 heavy (non-hydrogen) atoms. The standard InChI is InChI=1S/C19H32BrN/c1-4-5-6-7-8-10-18(15-21-14-16(2)3)17-11-9-12-19(20)13-17/h9,11-13,16,18,21H,4-8,10,14-15H2,1-3H3. The summed E-state index contributed by atoms with van der Waals surface area (Å²) in [7, 11) is 0. The van der Waals surface area contributed by atoms with Gasteiger partial charge < -0.3 is 5.32 Å². The Morgan fingerprint density at radius 1 is 1.05 bits per heavy atom. The third-order valence-corrected chi connectivity index (χ3v) is 4.41. The molecule has 0 bridgehead atoms. The molecule has 1 aromatic carbocycles. The Morgan fingerprint density at radius 2 is 1.81 bits per heavy atom. The molecule has 0 saturated heterocycles. The molecule has 0 spiro atoms. The molecule has 0 saturated carbocycles. The molecule has 0 aromatic heterocycles. The van der Waals surface area contributed by atoms with Crippen LogP contribution in [0.4, 0.5) is 0 Å². The fourth-order valence-corrected chi connectivity index (χ4v) is 3.10. The van der Waals surface area contributed by atoms with Crippen LogP contribution in [0.3, 0.4) is 0 Å². The molecule has 1 atom stereocenters. The van der Waals surface area contributed by atoms with Gasteiger partial charge in [-0.15, -0.1) is 0 Å². The van der Waals surface area contributed by atoms with E-state index in [1.807, 2.05) is 0 Å². The number of halogens is 1. The van der Waals surface area contributed by atoms with Crippen LogP contribution in [0.1, 0.15) is 70.8 Å². The molecule has 1 unspecified atom stereocenters. The van der Waals surface area contributed by atoms with Gasteiger partial charge in [0.2, 0.25) is 0 Å². The summed E-state index contributed by atoms with van der Waals surface area (Å²) in [4.78, 5) is 0. The molecular weight excluding hydrogens is 322 g/mol. The van der Waals surface area contributed by atoms with Gasteiger partial charge in [0.25, 0.3) is 0 Å². The zero-order valence-electron chi connectivity index (χ0n) is 14.0. The molecule has 1 N–H and O–H groups in total. The molecule has 0 aliphatic heterocycles. The van der Waals surface area contributed by atoms with Crippen LogP contribution in [0.25, 0.3) is 0 Å². The van der Waals surface area contributed by atoms with Crippen LogP contribution in [0.15, 0.2) is 28.7 Å². The normalized spacial score (nSPS) is 12.8. The lowest BCUT2D eigenvalue weighted by Crippen LogP contribution is -2.25. The molecule has 1 rings (SSSR count). The summed E-state index contributed by atoms with van der Waals surface area (Å²) >= 11 is 3.60. The third kappa shape index (κ3) is 8.63. The Bertz CT molecular complexity index is 376. The van der Waals surface area contributed by atoms with E-state index in [4.69, 9.17) is 0 Å². The van der Waals surface area contributed by atoms with Crippen LogP contribution in [0.2, 0.25) is 0 Å². The van der Waals surface area contributed by atoms with Crippen LogP contribution in [-0.4, -0.2) is 13.1 Å². The summed E-state index contributed by atoms with van der Waals surface area (Å²) in [5.41, 5.74) is 1.47. The minimum atomic E-state index is 0.642. The first-order valence-electron chi connectivity index (χ1n) is 8.59. The Balaban J connectivity index is 2.49. The van der Waals surface area contributed by atoms with Crippen molar-refractivity contribution in [2.45, 2.75) is 65.2 Å². The van der Waals surface area contributed by atoms with Gasteiger partial charge in [0.15, 0.2) is 0 Å². The highest BCUT2D eigenvalue weighted by Crippen LogP contribution is 2.25. The summed E-state index contributed by atoms with van der Waals surface area (Å²) in [6, 6.07) is 8.83. The SMILES string of the molecule is CCCCCCCC(CNCC(C)C)c1cccc(Br)c1. The van der Waals surface area contributed by atoms with Crippen molar-refractivity contribution in [1.82, 2.24) is 5.32 Å². The van der Waals surface area contributed by atoms with E-state index >= 15 is 0 Å². The number of nitrogens with one attached hydrogen (secondary N) is 1. The number of hydrogen-bond donors (Lipinski definition) is 1. The number of rotatable bonds is 11. The first-order valence-corrected chi connectivity index (χ1v) is 9.39. The summed E-state index contributed by atoms with van der Waals surface area (Å²) in [5.74, 6) is 1.36. The molecule has 0 aliphatic rings. The van der Waals surface area contributed by atoms with E-state index in [0.29, 0.717) is 5.92 Å². The summed E-state index contributed by atoms with van der Waals surface area (Å²) < 4.78 is 1.19. The first kappa shape index (κ1) is 18.7. The van der Waals surface area contributed by atoms with Crippen molar-refractivity contribution in [2.24, 2.45) is 5.92 Å². The fraction of sp³-hybridized carbons (Fsp3) is 0.684. The van der Waals surface area contributed by atoms with Crippen LogP contribution < -0.4 is 5.32 Å². The Kier molecular flexibility index (Phi) is 10.0. The van der Waals surface area contributed by atoms with Crippen molar-refractivity contribution >= 4 is 15.9 Å².